The number of rotatable bonds is 2. The highest BCUT2D eigenvalue weighted by Crippen LogP contribution is 2.17. The third-order valence-electron chi connectivity index (χ3n) is 3.82. The smallest absolute Gasteiger partial charge is 0.329 e. The summed E-state index contributed by atoms with van der Waals surface area (Å²) in [5.41, 5.74) is 1.72. The first kappa shape index (κ1) is 13.8. The highest BCUT2D eigenvalue weighted by atomic mass is 16.5. The first-order chi connectivity index (χ1) is 10.3. The second kappa shape index (κ2) is 6.05. The van der Waals surface area contributed by atoms with Crippen molar-refractivity contribution in [2.75, 3.05) is 20.3 Å². The van der Waals surface area contributed by atoms with Crippen molar-refractivity contribution in [3.63, 3.8) is 0 Å². The highest BCUT2D eigenvalue weighted by molar-refractivity contribution is 5.78. The predicted molar refractivity (Wildman–Crippen MR) is 77.9 cm³/mol. The van der Waals surface area contributed by atoms with E-state index in [-0.39, 0.29) is 12.1 Å². The van der Waals surface area contributed by atoms with E-state index in [0.717, 1.165) is 24.1 Å². The third-order valence-corrected chi connectivity index (χ3v) is 3.82. The van der Waals surface area contributed by atoms with Gasteiger partial charge in [-0.1, -0.05) is 0 Å². The van der Waals surface area contributed by atoms with Crippen LogP contribution < -0.4 is 0 Å². The summed E-state index contributed by atoms with van der Waals surface area (Å²) in [7, 11) is 1.84. The standard InChI is InChI=1S/C15H18N4O2/c1-18(13-4-8-21-9-5-13)15(20)19-10-14(17-11-19)12-2-6-16-7-3-12/h2-3,6-7,10-11,13H,4-5,8-9H2,1H3. The Balaban J connectivity index is 1.74. The molecule has 0 unspecified atom stereocenters. The molecule has 110 valence electrons. The molecular formula is C15H18N4O2. The fraction of sp³-hybridized carbons (Fsp3) is 0.400. The molecule has 0 atom stereocenters. The zero-order chi connectivity index (χ0) is 14.7. The summed E-state index contributed by atoms with van der Waals surface area (Å²) in [5.74, 6) is 0. The normalized spacial score (nSPS) is 15.9. The molecule has 3 heterocycles. The monoisotopic (exact) mass is 286 g/mol. The molecule has 3 rings (SSSR count). The molecule has 0 spiro atoms. The van der Waals surface area contributed by atoms with Crippen LogP contribution in [0.3, 0.4) is 0 Å². The molecule has 1 aliphatic rings. The van der Waals surface area contributed by atoms with Crippen molar-refractivity contribution >= 4 is 6.03 Å². The van der Waals surface area contributed by atoms with E-state index in [1.165, 1.54) is 4.57 Å². The molecule has 6 nitrogen and oxygen atoms in total. The van der Waals surface area contributed by atoms with Crippen LogP contribution in [0.15, 0.2) is 37.1 Å². The fourth-order valence-electron chi connectivity index (χ4n) is 2.51. The van der Waals surface area contributed by atoms with Crippen LogP contribution in [-0.4, -0.2) is 51.8 Å². The van der Waals surface area contributed by atoms with Gasteiger partial charge in [0.2, 0.25) is 0 Å². The summed E-state index contributed by atoms with van der Waals surface area (Å²) >= 11 is 0. The molecule has 0 bridgehead atoms. The van der Waals surface area contributed by atoms with E-state index < -0.39 is 0 Å². The molecule has 1 fully saturated rings. The molecule has 1 saturated heterocycles. The second-order valence-corrected chi connectivity index (χ2v) is 5.14. The fourth-order valence-corrected chi connectivity index (χ4v) is 2.51. The topological polar surface area (TPSA) is 60.2 Å². The predicted octanol–water partition coefficient (Wildman–Crippen LogP) is 2.02. The highest BCUT2D eigenvalue weighted by Gasteiger charge is 2.23. The Morgan fingerprint density at radius 1 is 1.33 bits per heavy atom. The molecule has 0 aromatic carbocycles. The zero-order valence-corrected chi connectivity index (χ0v) is 12.0. The average Bonchev–Trinajstić information content (AvgIpc) is 3.05. The molecule has 0 N–H and O–H groups in total. The molecule has 1 aliphatic heterocycles. The van der Waals surface area contributed by atoms with Crippen LogP contribution in [0.5, 0.6) is 0 Å². The number of aromatic nitrogens is 3. The number of carbonyl (C=O) groups is 1. The molecule has 2 aromatic heterocycles. The van der Waals surface area contributed by atoms with E-state index in [2.05, 4.69) is 9.97 Å². The molecule has 21 heavy (non-hydrogen) atoms. The Labute approximate surface area is 123 Å². The van der Waals surface area contributed by atoms with Crippen LogP contribution in [0.25, 0.3) is 11.3 Å². The Bertz CT molecular complexity index is 605. The van der Waals surface area contributed by atoms with Crippen molar-refractivity contribution < 1.29 is 9.53 Å². The van der Waals surface area contributed by atoms with Gasteiger partial charge in [0, 0.05) is 50.5 Å². The van der Waals surface area contributed by atoms with Gasteiger partial charge in [-0.15, -0.1) is 0 Å². The Kier molecular flexibility index (Phi) is 3.96. The largest absolute Gasteiger partial charge is 0.381 e. The Morgan fingerprint density at radius 2 is 2.05 bits per heavy atom. The summed E-state index contributed by atoms with van der Waals surface area (Å²) in [6.45, 7) is 1.43. The van der Waals surface area contributed by atoms with Gasteiger partial charge >= 0.3 is 6.03 Å². The van der Waals surface area contributed by atoms with E-state index in [1.807, 2.05) is 19.2 Å². The van der Waals surface area contributed by atoms with Crippen LogP contribution in [0.4, 0.5) is 4.79 Å². The summed E-state index contributed by atoms with van der Waals surface area (Å²) < 4.78 is 6.87. The minimum Gasteiger partial charge on any atom is -0.381 e. The first-order valence-electron chi connectivity index (χ1n) is 7.05. The number of pyridine rings is 1. The number of hydrogen-bond acceptors (Lipinski definition) is 4. The molecule has 2 aromatic rings. The van der Waals surface area contributed by atoms with Crippen LogP contribution in [-0.2, 0) is 4.74 Å². The lowest BCUT2D eigenvalue weighted by molar-refractivity contribution is 0.0528. The SMILES string of the molecule is CN(C(=O)n1cnc(-c2ccncc2)c1)C1CCOCC1. The van der Waals surface area contributed by atoms with Crippen LogP contribution >= 0.6 is 0 Å². The number of carbonyl (C=O) groups excluding carboxylic acids is 1. The average molecular weight is 286 g/mol. The summed E-state index contributed by atoms with van der Waals surface area (Å²) in [6, 6.07) is 3.92. The summed E-state index contributed by atoms with van der Waals surface area (Å²) in [6.07, 6.45) is 8.51. The summed E-state index contributed by atoms with van der Waals surface area (Å²) in [4.78, 5) is 22.5. The molecule has 6 heteroatoms. The van der Waals surface area contributed by atoms with Crippen molar-refractivity contribution in [3.8, 4) is 11.3 Å². The van der Waals surface area contributed by atoms with Crippen LogP contribution in [0, 0.1) is 0 Å². The molecule has 0 saturated carbocycles. The van der Waals surface area contributed by atoms with E-state index in [9.17, 15) is 4.79 Å². The maximum Gasteiger partial charge on any atom is 0.329 e. The van der Waals surface area contributed by atoms with Gasteiger partial charge in [0.15, 0.2) is 0 Å². The van der Waals surface area contributed by atoms with E-state index in [4.69, 9.17) is 4.74 Å². The van der Waals surface area contributed by atoms with Gasteiger partial charge < -0.3 is 9.64 Å². The molecule has 1 amide bonds. The van der Waals surface area contributed by atoms with Crippen molar-refractivity contribution in [2.45, 2.75) is 18.9 Å². The third kappa shape index (κ3) is 2.95. The van der Waals surface area contributed by atoms with Crippen molar-refractivity contribution in [1.29, 1.82) is 0 Å². The first-order valence-corrected chi connectivity index (χ1v) is 7.05. The van der Waals surface area contributed by atoms with Gasteiger partial charge in [-0.05, 0) is 25.0 Å². The lowest BCUT2D eigenvalue weighted by Gasteiger charge is -2.30. The maximum atomic E-state index is 12.5. The number of imidazole rings is 1. The van der Waals surface area contributed by atoms with Crippen molar-refractivity contribution in [2.24, 2.45) is 0 Å². The van der Waals surface area contributed by atoms with Gasteiger partial charge in [-0.2, -0.15) is 0 Å². The molecule has 0 aliphatic carbocycles. The lowest BCUT2D eigenvalue weighted by Crippen LogP contribution is -2.42. The number of nitrogens with zero attached hydrogens (tertiary/aromatic N) is 4. The number of amides is 1. The van der Waals surface area contributed by atoms with Crippen LogP contribution in [0.1, 0.15) is 12.8 Å². The maximum absolute atomic E-state index is 12.5. The Morgan fingerprint density at radius 3 is 2.76 bits per heavy atom. The van der Waals surface area contributed by atoms with Crippen LogP contribution in [0.2, 0.25) is 0 Å². The molecular weight excluding hydrogens is 268 g/mol. The summed E-state index contributed by atoms with van der Waals surface area (Å²) in [5, 5.41) is 0. The van der Waals surface area contributed by atoms with Gasteiger partial charge in [-0.3, -0.25) is 9.55 Å². The van der Waals surface area contributed by atoms with E-state index >= 15 is 0 Å². The Hall–Kier alpha value is -2.21. The van der Waals surface area contributed by atoms with Gasteiger partial charge in [0.25, 0.3) is 0 Å². The number of hydrogen-bond donors (Lipinski definition) is 0. The van der Waals surface area contributed by atoms with Gasteiger partial charge in [0.05, 0.1) is 5.69 Å². The van der Waals surface area contributed by atoms with Gasteiger partial charge in [-0.25, -0.2) is 9.78 Å². The van der Waals surface area contributed by atoms with E-state index in [0.29, 0.717) is 13.2 Å². The minimum absolute atomic E-state index is 0.0605. The van der Waals surface area contributed by atoms with Crippen molar-refractivity contribution in [3.05, 3.63) is 37.1 Å². The molecule has 0 radical (unpaired) electrons. The quantitative estimate of drug-likeness (QED) is 0.847. The van der Waals surface area contributed by atoms with Gasteiger partial charge in [0.1, 0.15) is 6.33 Å². The lowest BCUT2D eigenvalue weighted by atomic mass is 10.1. The second-order valence-electron chi connectivity index (χ2n) is 5.14. The van der Waals surface area contributed by atoms with Crippen molar-refractivity contribution in [1.82, 2.24) is 19.4 Å². The minimum atomic E-state index is -0.0605. The van der Waals surface area contributed by atoms with E-state index in [1.54, 1.807) is 29.8 Å². The zero-order valence-electron chi connectivity index (χ0n) is 12.0. The number of ether oxygens (including phenoxy) is 1.